The topological polar surface area (TPSA) is 85.1 Å². The van der Waals surface area contributed by atoms with Gasteiger partial charge in [0.2, 0.25) is 10.0 Å². The number of aromatic nitrogens is 1. The van der Waals surface area contributed by atoms with E-state index in [0.717, 1.165) is 5.56 Å². The molecule has 0 bridgehead atoms. The monoisotopic (exact) mass is 309 g/mol. The van der Waals surface area contributed by atoms with Crippen LogP contribution in [-0.4, -0.2) is 13.4 Å². The molecule has 0 spiro atoms. The third-order valence-electron chi connectivity index (χ3n) is 3.12. The fraction of sp³-hybridized carbons (Fsp3) is 0.214. The molecule has 5 nitrogen and oxygen atoms in total. The van der Waals surface area contributed by atoms with Gasteiger partial charge in [0.15, 0.2) is 0 Å². The van der Waals surface area contributed by atoms with E-state index in [1.54, 1.807) is 12.3 Å². The maximum absolute atomic E-state index is 13.6. The number of rotatable bonds is 5. The molecule has 0 aliphatic rings. The van der Waals surface area contributed by atoms with E-state index in [4.69, 9.17) is 5.73 Å². The van der Waals surface area contributed by atoms with Crippen molar-refractivity contribution < 1.29 is 12.8 Å². The number of sulfonamides is 1. The highest BCUT2D eigenvalue weighted by Gasteiger charge is 2.20. The van der Waals surface area contributed by atoms with Gasteiger partial charge >= 0.3 is 0 Å². The lowest BCUT2D eigenvalue weighted by molar-refractivity contribution is 0.570. The Hall–Kier alpha value is -1.83. The van der Waals surface area contributed by atoms with Crippen LogP contribution in [0.1, 0.15) is 16.8 Å². The molecule has 2 aromatic rings. The van der Waals surface area contributed by atoms with Crippen molar-refractivity contribution in [2.45, 2.75) is 24.9 Å². The van der Waals surface area contributed by atoms with E-state index in [0.29, 0.717) is 5.69 Å². The Morgan fingerprint density at radius 1 is 1.29 bits per heavy atom. The predicted molar refractivity (Wildman–Crippen MR) is 77.3 cm³/mol. The van der Waals surface area contributed by atoms with Crippen LogP contribution >= 0.6 is 0 Å². The lowest BCUT2D eigenvalue weighted by Gasteiger charge is -2.11. The van der Waals surface area contributed by atoms with Gasteiger partial charge in [-0.15, -0.1) is 0 Å². The van der Waals surface area contributed by atoms with E-state index in [2.05, 4.69) is 9.71 Å². The number of pyridine rings is 1. The number of nitrogens with one attached hydrogen (secondary N) is 1. The minimum atomic E-state index is -3.85. The smallest absolute Gasteiger partial charge is 0.241 e. The third-order valence-corrected chi connectivity index (χ3v) is 4.60. The Morgan fingerprint density at radius 2 is 2.05 bits per heavy atom. The lowest BCUT2D eigenvalue weighted by Crippen LogP contribution is -2.26. The van der Waals surface area contributed by atoms with Crippen molar-refractivity contribution in [1.29, 1.82) is 0 Å². The maximum atomic E-state index is 13.6. The molecule has 0 aliphatic heterocycles. The predicted octanol–water partition coefficient (Wildman–Crippen LogP) is 1.47. The Kier molecular flexibility index (Phi) is 4.66. The molecule has 0 amide bonds. The lowest BCUT2D eigenvalue weighted by atomic mass is 10.2. The van der Waals surface area contributed by atoms with Gasteiger partial charge in [-0.2, -0.15) is 0 Å². The Morgan fingerprint density at radius 3 is 2.71 bits per heavy atom. The van der Waals surface area contributed by atoms with Gasteiger partial charge in [0.1, 0.15) is 5.82 Å². The average molecular weight is 309 g/mol. The molecule has 1 heterocycles. The summed E-state index contributed by atoms with van der Waals surface area (Å²) in [6.07, 6.45) is 1.59. The van der Waals surface area contributed by atoms with Gasteiger partial charge < -0.3 is 5.73 Å². The number of nitrogens with zero attached hydrogens (tertiary/aromatic N) is 1. The molecule has 0 radical (unpaired) electrons. The van der Waals surface area contributed by atoms with Crippen LogP contribution in [0, 0.1) is 12.7 Å². The molecule has 7 heteroatoms. The van der Waals surface area contributed by atoms with Gasteiger partial charge in [0, 0.05) is 18.3 Å². The zero-order valence-electron chi connectivity index (χ0n) is 11.5. The van der Waals surface area contributed by atoms with Crippen LogP contribution in [0.4, 0.5) is 4.39 Å². The molecule has 0 fully saturated rings. The molecule has 1 aromatic heterocycles. The SMILES string of the molecule is Cc1cccnc1CNS(=O)(=O)c1cccc(F)c1CN. The summed E-state index contributed by atoms with van der Waals surface area (Å²) in [5, 5.41) is 0. The molecule has 0 unspecified atom stereocenters. The number of hydrogen-bond donors (Lipinski definition) is 2. The van der Waals surface area contributed by atoms with E-state index < -0.39 is 15.8 Å². The van der Waals surface area contributed by atoms with Crippen molar-refractivity contribution in [3.8, 4) is 0 Å². The van der Waals surface area contributed by atoms with Crippen LogP contribution in [0.5, 0.6) is 0 Å². The molecule has 2 rings (SSSR count). The number of nitrogens with two attached hydrogens (primary N) is 1. The minimum absolute atomic E-state index is 0.0252. The molecular formula is C14H16FN3O2S. The first kappa shape index (κ1) is 15.6. The third kappa shape index (κ3) is 3.44. The molecule has 3 N–H and O–H groups in total. The minimum Gasteiger partial charge on any atom is -0.326 e. The van der Waals surface area contributed by atoms with E-state index >= 15 is 0 Å². The quantitative estimate of drug-likeness (QED) is 0.876. The Labute approximate surface area is 123 Å². The average Bonchev–Trinajstić information content (AvgIpc) is 2.46. The fourth-order valence-electron chi connectivity index (χ4n) is 1.93. The fourth-order valence-corrected chi connectivity index (χ4v) is 3.18. The van der Waals surface area contributed by atoms with Crippen LogP contribution in [-0.2, 0) is 23.1 Å². The summed E-state index contributed by atoms with van der Waals surface area (Å²) in [6.45, 7) is 1.69. The number of halogens is 1. The molecule has 21 heavy (non-hydrogen) atoms. The van der Waals surface area contributed by atoms with Crippen molar-refractivity contribution in [3.05, 3.63) is 59.2 Å². The maximum Gasteiger partial charge on any atom is 0.241 e. The van der Waals surface area contributed by atoms with Crippen molar-refractivity contribution in [2.24, 2.45) is 5.73 Å². The summed E-state index contributed by atoms with van der Waals surface area (Å²) in [6, 6.07) is 7.47. The summed E-state index contributed by atoms with van der Waals surface area (Å²) in [5.41, 5.74) is 6.90. The van der Waals surface area contributed by atoms with Crippen LogP contribution in [0.3, 0.4) is 0 Å². The van der Waals surface area contributed by atoms with Gasteiger partial charge in [0.05, 0.1) is 17.1 Å². The second-order valence-corrected chi connectivity index (χ2v) is 6.25. The first-order valence-electron chi connectivity index (χ1n) is 6.33. The summed E-state index contributed by atoms with van der Waals surface area (Å²) < 4.78 is 40.6. The highest BCUT2D eigenvalue weighted by Crippen LogP contribution is 2.18. The second-order valence-electron chi connectivity index (χ2n) is 4.51. The Bertz CT molecular complexity index is 748. The van der Waals surface area contributed by atoms with Gasteiger partial charge in [-0.1, -0.05) is 12.1 Å². The molecule has 0 aliphatic carbocycles. The Balaban J connectivity index is 2.28. The normalized spacial score (nSPS) is 11.6. The number of benzene rings is 1. The molecule has 112 valence electrons. The zero-order valence-corrected chi connectivity index (χ0v) is 12.3. The van der Waals surface area contributed by atoms with E-state index in [1.807, 2.05) is 13.0 Å². The first-order chi connectivity index (χ1) is 9.95. The van der Waals surface area contributed by atoms with Crippen molar-refractivity contribution >= 4 is 10.0 Å². The van der Waals surface area contributed by atoms with Crippen molar-refractivity contribution in [1.82, 2.24) is 9.71 Å². The molecular weight excluding hydrogens is 293 g/mol. The molecule has 0 saturated heterocycles. The van der Waals surface area contributed by atoms with Crippen LogP contribution in [0.25, 0.3) is 0 Å². The summed E-state index contributed by atoms with van der Waals surface area (Å²) in [4.78, 5) is 3.97. The van der Waals surface area contributed by atoms with Crippen LogP contribution in [0.2, 0.25) is 0 Å². The van der Waals surface area contributed by atoms with E-state index in [1.165, 1.54) is 18.2 Å². The summed E-state index contributed by atoms with van der Waals surface area (Å²) in [7, 11) is -3.85. The van der Waals surface area contributed by atoms with Crippen LogP contribution < -0.4 is 10.5 Å². The molecule has 1 aromatic carbocycles. The molecule has 0 saturated carbocycles. The van der Waals surface area contributed by atoms with Gasteiger partial charge in [-0.25, -0.2) is 17.5 Å². The second kappa shape index (κ2) is 6.30. The largest absolute Gasteiger partial charge is 0.326 e. The van der Waals surface area contributed by atoms with Crippen LogP contribution in [0.15, 0.2) is 41.4 Å². The standard InChI is InChI=1S/C14H16FN3O2S/c1-10-4-3-7-17-13(10)9-18-21(19,20)14-6-2-5-12(15)11(14)8-16/h2-7,18H,8-9,16H2,1H3. The highest BCUT2D eigenvalue weighted by molar-refractivity contribution is 7.89. The van der Waals surface area contributed by atoms with E-state index in [9.17, 15) is 12.8 Å². The summed E-state index contributed by atoms with van der Waals surface area (Å²) in [5.74, 6) is -0.630. The van der Waals surface area contributed by atoms with Gasteiger partial charge in [0.25, 0.3) is 0 Å². The van der Waals surface area contributed by atoms with Gasteiger partial charge in [-0.05, 0) is 30.7 Å². The number of hydrogen-bond acceptors (Lipinski definition) is 4. The highest BCUT2D eigenvalue weighted by atomic mass is 32.2. The van der Waals surface area contributed by atoms with Crippen molar-refractivity contribution in [3.63, 3.8) is 0 Å². The summed E-state index contributed by atoms with van der Waals surface area (Å²) >= 11 is 0. The first-order valence-corrected chi connectivity index (χ1v) is 7.81. The van der Waals surface area contributed by atoms with Crippen molar-refractivity contribution in [2.75, 3.05) is 0 Å². The van der Waals surface area contributed by atoms with Gasteiger partial charge in [-0.3, -0.25) is 4.98 Å². The zero-order chi connectivity index (χ0) is 15.5. The van der Waals surface area contributed by atoms with E-state index in [-0.39, 0.29) is 23.5 Å². The number of aryl methyl sites for hydroxylation is 1. The molecule has 0 atom stereocenters.